The molecule has 0 bridgehead atoms. The number of phenolic OH excluding ortho intramolecular Hbond substituents is 2. The Morgan fingerprint density at radius 2 is 1.61 bits per heavy atom. The molecule has 31 heavy (non-hydrogen) atoms. The summed E-state index contributed by atoms with van der Waals surface area (Å²) in [4.78, 5) is 25.4. The summed E-state index contributed by atoms with van der Waals surface area (Å²) in [5.74, 6) is -0.383. The van der Waals surface area contributed by atoms with Gasteiger partial charge in [0.15, 0.2) is 16.6 Å². The standard InChI is InChI=1S/C22H19N5O3S/c1-12-9-13(2)24-21(23-12)27-20(30)14-3-6-16(7-4-14)25-22-26-17(11-31-22)15-5-8-18(28)19(29)10-15/h3-11,28-29H,1-2H3,(H,25,26)(H,23,24,27,30). The van der Waals surface area contributed by atoms with E-state index in [-0.39, 0.29) is 23.4 Å². The fourth-order valence-electron chi connectivity index (χ4n) is 2.93. The molecule has 9 heteroatoms. The van der Waals surface area contributed by atoms with Gasteiger partial charge in [-0.2, -0.15) is 0 Å². The van der Waals surface area contributed by atoms with E-state index < -0.39 is 0 Å². The second-order valence-electron chi connectivity index (χ2n) is 6.87. The number of hydrogen-bond donors (Lipinski definition) is 4. The van der Waals surface area contributed by atoms with E-state index in [0.29, 0.717) is 22.0 Å². The highest BCUT2D eigenvalue weighted by Crippen LogP contribution is 2.32. The van der Waals surface area contributed by atoms with Crippen molar-refractivity contribution >= 4 is 34.0 Å². The number of aromatic hydroxyl groups is 2. The minimum Gasteiger partial charge on any atom is -0.504 e. The van der Waals surface area contributed by atoms with E-state index in [9.17, 15) is 15.0 Å². The lowest BCUT2D eigenvalue weighted by Gasteiger charge is -2.07. The first-order valence-corrected chi connectivity index (χ1v) is 10.2. The van der Waals surface area contributed by atoms with Crippen molar-refractivity contribution in [2.45, 2.75) is 13.8 Å². The average Bonchev–Trinajstić information content (AvgIpc) is 3.18. The van der Waals surface area contributed by atoms with E-state index in [1.165, 1.54) is 23.5 Å². The summed E-state index contributed by atoms with van der Waals surface area (Å²) in [6.45, 7) is 3.69. The average molecular weight is 433 g/mol. The summed E-state index contributed by atoms with van der Waals surface area (Å²) in [6.07, 6.45) is 0. The van der Waals surface area contributed by atoms with Gasteiger partial charge in [-0.25, -0.2) is 15.0 Å². The Labute approximate surface area is 182 Å². The lowest BCUT2D eigenvalue weighted by atomic mass is 10.1. The molecule has 4 N–H and O–H groups in total. The molecule has 0 fully saturated rings. The van der Waals surface area contributed by atoms with Crippen LogP contribution in [0.15, 0.2) is 53.9 Å². The molecule has 0 saturated heterocycles. The van der Waals surface area contributed by atoms with Crippen LogP contribution in [0.4, 0.5) is 16.8 Å². The molecule has 0 unspecified atom stereocenters. The summed E-state index contributed by atoms with van der Waals surface area (Å²) in [5.41, 5.74) is 4.19. The summed E-state index contributed by atoms with van der Waals surface area (Å²) < 4.78 is 0. The van der Waals surface area contributed by atoms with Crippen LogP contribution in [0.25, 0.3) is 11.3 Å². The van der Waals surface area contributed by atoms with E-state index in [2.05, 4.69) is 25.6 Å². The van der Waals surface area contributed by atoms with Gasteiger partial charge in [0.2, 0.25) is 5.95 Å². The highest BCUT2D eigenvalue weighted by molar-refractivity contribution is 7.14. The van der Waals surface area contributed by atoms with Gasteiger partial charge in [0, 0.05) is 33.6 Å². The number of aromatic nitrogens is 3. The second-order valence-corrected chi connectivity index (χ2v) is 7.73. The van der Waals surface area contributed by atoms with E-state index in [1.54, 1.807) is 30.3 Å². The monoisotopic (exact) mass is 433 g/mol. The van der Waals surface area contributed by atoms with E-state index in [4.69, 9.17) is 0 Å². The molecular weight excluding hydrogens is 414 g/mol. The van der Waals surface area contributed by atoms with Crippen molar-refractivity contribution < 1.29 is 15.0 Å². The highest BCUT2D eigenvalue weighted by atomic mass is 32.1. The molecule has 1 amide bonds. The van der Waals surface area contributed by atoms with Crippen molar-refractivity contribution in [3.05, 3.63) is 70.9 Å². The minimum atomic E-state index is -0.291. The molecule has 4 aromatic rings. The Hall–Kier alpha value is -3.98. The molecule has 0 radical (unpaired) electrons. The van der Waals surface area contributed by atoms with Gasteiger partial charge in [-0.15, -0.1) is 11.3 Å². The van der Waals surface area contributed by atoms with E-state index in [0.717, 1.165) is 17.1 Å². The lowest BCUT2D eigenvalue weighted by Crippen LogP contribution is -2.14. The maximum atomic E-state index is 12.5. The number of nitrogens with zero attached hydrogens (tertiary/aromatic N) is 3. The number of benzene rings is 2. The third-order valence-corrected chi connectivity index (χ3v) is 5.14. The zero-order valence-electron chi connectivity index (χ0n) is 16.7. The number of rotatable bonds is 5. The van der Waals surface area contributed by atoms with Crippen LogP contribution in [-0.2, 0) is 0 Å². The quantitative estimate of drug-likeness (QED) is 0.339. The molecule has 4 rings (SSSR count). The van der Waals surface area contributed by atoms with Crippen molar-refractivity contribution in [3.63, 3.8) is 0 Å². The number of aryl methyl sites for hydroxylation is 2. The Morgan fingerprint density at radius 1 is 0.903 bits per heavy atom. The second kappa shape index (κ2) is 8.41. The maximum Gasteiger partial charge on any atom is 0.258 e. The molecule has 0 spiro atoms. The predicted octanol–water partition coefficient (Wildman–Crippen LogP) is 4.62. The van der Waals surface area contributed by atoms with Crippen LogP contribution in [0, 0.1) is 13.8 Å². The maximum absolute atomic E-state index is 12.5. The number of anilines is 3. The van der Waals surface area contributed by atoms with Crippen molar-refractivity contribution in [1.29, 1.82) is 0 Å². The zero-order chi connectivity index (χ0) is 22.0. The number of thiazole rings is 1. The summed E-state index contributed by atoms with van der Waals surface area (Å²) in [6, 6.07) is 13.4. The molecule has 0 aliphatic heterocycles. The molecule has 0 aliphatic carbocycles. The number of amides is 1. The predicted molar refractivity (Wildman–Crippen MR) is 120 cm³/mol. The fourth-order valence-corrected chi connectivity index (χ4v) is 3.67. The Bertz CT molecular complexity index is 1230. The molecule has 8 nitrogen and oxygen atoms in total. The molecule has 2 aromatic heterocycles. The smallest absolute Gasteiger partial charge is 0.258 e. The molecular formula is C22H19N5O3S. The van der Waals surface area contributed by atoms with Gasteiger partial charge in [0.05, 0.1) is 5.69 Å². The zero-order valence-corrected chi connectivity index (χ0v) is 17.6. The topological polar surface area (TPSA) is 120 Å². The summed E-state index contributed by atoms with van der Waals surface area (Å²) in [7, 11) is 0. The highest BCUT2D eigenvalue weighted by Gasteiger charge is 2.10. The van der Waals surface area contributed by atoms with Crippen molar-refractivity contribution in [3.8, 4) is 22.8 Å². The van der Waals surface area contributed by atoms with Gasteiger partial charge in [-0.3, -0.25) is 10.1 Å². The van der Waals surface area contributed by atoms with Gasteiger partial charge < -0.3 is 15.5 Å². The molecule has 0 saturated carbocycles. The van der Waals surface area contributed by atoms with Crippen molar-refractivity contribution in [1.82, 2.24) is 15.0 Å². The first-order valence-electron chi connectivity index (χ1n) is 9.36. The van der Waals surface area contributed by atoms with Crippen LogP contribution >= 0.6 is 11.3 Å². The van der Waals surface area contributed by atoms with Crippen LogP contribution < -0.4 is 10.6 Å². The number of phenols is 2. The van der Waals surface area contributed by atoms with Crippen LogP contribution in [-0.4, -0.2) is 31.1 Å². The molecule has 0 aliphatic rings. The molecule has 2 heterocycles. The lowest BCUT2D eigenvalue weighted by molar-refractivity contribution is 0.102. The largest absolute Gasteiger partial charge is 0.504 e. The van der Waals surface area contributed by atoms with E-state index in [1.807, 2.05) is 25.3 Å². The normalized spacial score (nSPS) is 10.6. The SMILES string of the molecule is Cc1cc(C)nc(NC(=O)c2ccc(Nc3nc(-c4ccc(O)c(O)c4)cs3)cc2)n1. The third kappa shape index (κ3) is 4.78. The van der Waals surface area contributed by atoms with Gasteiger partial charge in [0.25, 0.3) is 5.91 Å². The van der Waals surface area contributed by atoms with E-state index >= 15 is 0 Å². The minimum absolute atomic E-state index is 0.175. The third-order valence-electron chi connectivity index (χ3n) is 4.38. The summed E-state index contributed by atoms with van der Waals surface area (Å²) in [5, 5.41) is 27.5. The first kappa shape index (κ1) is 20.3. The van der Waals surface area contributed by atoms with Crippen LogP contribution in [0.1, 0.15) is 21.7 Å². The number of hydrogen-bond acceptors (Lipinski definition) is 8. The Balaban J connectivity index is 1.43. The van der Waals surface area contributed by atoms with Gasteiger partial charge in [-0.1, -0.05) is 0 Å². The number of carbonyl (C=O) groups excluding carboxylic acids is 1. The number of carbonyl (C=O) groups is 1. The van der Waals surface area contributed by atoms with Crippen LogP contribution in [0.5, 0.6) is 11.5 Å². The van der Waals surface area contributed by atoms with Crippen LogP contribution in [0.2, 0.25) is 0 Å². The molecule has 0 atom stereocenters. The molecule has 156 valence electrons. The Morgan fingerprint density at radius 3 is 2.29 bits per heavy atom. The van der Waals surface area contributed by atoms with Gasteiger partial charge in [0.1, 0.15) is 0 Å². The van der Waals surface area contributed by atoms with Crippen molar-refractivity contribution in [2.24, 2.45) is 0 Å². The van der Waals surface area contributed by atoms with Crippen LogP contribution in [0.3, 0.4) is 0 Å². The number of nitrogens with one attached hydrogen (secondary N) is 2. The van der Waals surface area contributed by atoms with Gasteiger partial charge in [-0.05, 0) is 62.4 Å². The van der Waals surface area contributed by atoms with Gasteiger partial charge >= 0.3 is 0 Å². The fraction of sp³-hybridized carbons (Fsp3) is 0.0909. The first-order chi connectivity index (χ1) is 14.9. The van der Waals surface area contributed by atoms with Crippen molar-refractivity contribution in [2.75, 3.05) is 10.6 Å². The molecule has 2 aromatic carbocycles. The Kier molecular flexibility index (Phi) is 5.50. The summed E-state index contributed by atoms with van der Waals surface area (Å²) >= 11 is 1.40.